The summed E-state index contributed by atoms with van der Waals surface area (Å²) in [6.07, 6.45) is 0.702. The molecule has 0 saturated heterocycles. The van der Waals surface area contributed by atoms with E-state index < -0.39 is 23.9 Å². The molecule has 0 rings (SSSR count). The molecular weight excluding hydrogens is 226 g/mol. The largest absolute Gasteiger partial charge is 0.480 e. The van der Waals surface area contributed by atoms with E-state index in [9.17, 15) is 14.4 Å². The van der Waals surface area contributed by atoms with E-state index in [4.69, 9.17) is 10.8 Å². The molecule has 0 heterocycles. The molecule has 7 nitrogen and oxygen atoms in total. The molecule has 1 atom stereocenters. The zero-order valence-corrected chi connectivity index (χ0v) is 10.1. The Morgan fingerprint density at radius 1 is 1.41 bits per heavy atom. The fourth-order valence-electron chi connectivity index (χ4n) is 1.24. The van der Waals surface area contributed by atoms with E-state index in [0.29, 0.717) is 6.54 Å². The Balaban J connectivity index is 4.29. The third kappa shape index (κ3) is 6.39. The van der Waals surface area contributed by atoms with E-state index in [2.05, 4.69) is 5.32 Å². The van der Waals surface area contributed by atoms with Crippen LogP contribution in [-0.2, 0) is 9.59 Å². The molecule has 7 heteroatoms. The summed E-state index contributed by atoms with van der Waals surface area (Å²) in [6, 6.07) is -1.56. The zero-order valence-electron chi connectivity index (χ0n) is 10.1. The first-order valence-corrected chi connectivity index (χ1v) is 5.41. The molecular formula is C10H19N3O4. The molecule has 98 valence electrons. The van der Waals surface area contributed by atoms with Crippen LogP contribution in [0.5, 0.6) is 0 Å². The van der Waals surface area contributed by atoms with Crippen molar-refractivity contribution in [3.8, 4) is 0 Å². The summed E-state index contributed by atoms with van der Waals surface area (Å²) in [6.45, 7) is 2.44. The molecule has 0 aromatic heterocycles. The number of nitrogens with one attached hydrogen (secondary N) is 1. The molecule has 0 spiro atoms. The van der Waals surface area contributed by atoms with Crippen LogP contribution < -0.4 is 11.1 Å². The molecule has 0 aliphatic rings. The number of aliphatic carboxylic acids is 1. The van der Waals surface area contributed by atoms with Crippen LogP contribution in [0.4, 0.5) is 4.79 Å². The van der Waals surface area contributed by atoms with Crippen LogP contribution in [0.3, 0.4) is 0 Å². The highest BCUT2D eigenvalue weighted by Crippen LogP contribution is 1.99. The minimum atomic E-state index is -1.18. The standard InChI is InChI=1S/C10H19N3O4/c1-3-6-13(2)10(17)12-7(9(15)16)4-5-8(11)14/h7H,3-6H2,1-2H3,(H2,11,14)(H,12,17)(H,15,16)/t7-/m0/s1. The number of amides is 3. The summed E-state index contributed by atoms with van der Waals surface area (Å²) in [5.74, 6) is -1.77. The Kier molecular flexibility index (Phi) is 6.69. The molecule has 3 amide bonds. The van der Waals surface area contributed by atoms with Crippen LogP contribution in [0.25, 0.3) is 0 Å². The molecule has 0 radical (unpaired) electrons. The number of carboxylic acids is 1. The molecule has 17 heavy (non-hydrogen) atoms. The van der Waals surface area contributed by atoms with Gasteiger partial charge in [0.2, 0.25) is 5.91 Å². The fraction of sp³-hybridized carbons (Fsp3) is 0.700. The van der Waals surface area contributed by atoms with Gasteiger partial charge in [-0.15, -0.1) is 0 Å². The molecule has 0 aliphatic heterocycles. The fourth-order valence-corrected chi connectivity index (χ4v) is 1.24. The lowest BCUT2D eigenvalue weighted by Gasteiger charge is -2.20. The third-order valence-corrected chi connectivity index (χ3v) is 2.18. The van der Waals surface area contributed by atoms with Gasteiger partial charge < -0.3 is 21.1 Å². The highest BCUT2D eigenvalue weighted by Gasteiger charge is 2.21. The Morgan fingerprint density at radius 2 is 2.00 bits per heavy atom. The summed E-state index contributed by atoms with van der Waals surface area (Å²) in [5, 5.41) is 11.2. The van der Waals surface area contributed by atoms with Gasteiger partial charge in [-0.3, -0.25) is 4.79 Å². The lowest BCUT2D eigenvalue weighted by Crippen LogP contribution is -2.47. The van der Waals surface area contributed by atoms with Gasteiger partial charge in [0.15, 0.2) is 0 Å². The summed E-state index contributed by atoms with van der Waals surface area (Å²) in [5.41, 5.74) is 4.92. The number of carbonyl (C=O) groups excluding carboxylic acids is 2. The molecule has 0 saturated carbocycles. The second-order valence-electron chi connectivity index (χ2n) is 3.77. The molecule has 0 aromatic rings. The Bertz CT molecular complexity index is 293. The molecule has 4 N–H and O–H groups in total. The number of nitrogens with zero attached hydrogens (tertiary/aromatic N) is 1. The van der Waals surface area contributed by atoms with Crippen molar-refractivity contribution in [1.29, 1.82) is 0 Å². The van der Waals surface area contributed by atoms with Crippen molar-refractivity contribution >= 4 is 17.9 Å². The van der Waals surface area contributed by atoms with Gasteiger partial charge >= 0.3 is 12.0 Å². The van der Waals surface area contributed by atoms with E-state index in [1.54, 1.807) is 7.05 Å². The van der Waals surface area contributed by atoms with Crippen molar-refractivity contribution in [2.45, 2.75) is 32.2 Å². The molecule has 0 aliphatic carbocycles. The number of rotatable bonds is 7. The van der Waals surface area contributed by atoms with Crippen molar-refractivity contribution < 1.29 is 19.5 Å². The molecule has 0 unspecified atom stereocenters. The van der Waals surface area contributed by atoms with Gasteiger partial charge in [-0.05, 0) is 12.8 Å². The maximum absolute atomic E-state index is 11.5. The predicted octanol–water partition coefficient (Wildman–Crippen LogP) is -0.243. The van der Waals surface area contributed by atoms with Gasteiger partial charge in [0, 0.05) is 20.0 Å². The number of hydrogen-bond acceptors (Lipinski definition) is 3. The van der Waals surface area contributed by atoms with Crippen LogP contribution in [0.2, 0.25) is 0 Å². The highest BCUT2D eigenvalue weighted by atomic mass is 16.4. The van der Waals surface area contributed by atoms with E-state index >= 15 is 0 Å². The summed E-state index contributed by atoms with van der Waals surface area (Å²) < 4.78 is 0. The van der Waals surface area contributed by atoms with Crippen molar-refractivity contribution in [2.24, 2.45) is 5.73 Å². The van der Waals surface area contributed by atoms with Gasteiger partial charge in [0.1, 0.15) is 6.04 Å². The van der Waals surface area contributed by atoms with Gasteiger partial charge in [-0.25, -0.2) is 9.59 Å². The van der Waals surface area contributed by atoms with E-state index in [1.165, 1.54) is 4.90 Å². The van der Waals surface area contributed by atoms with Crippen LogP contribution >= 0.6 is 0 Å². The van der Waals surface area contributed by atoms with Crippen molar-refractivity contribution in [2.75, 3.05) is 13.6 Å². The van der Waals surface area contributed by atoms with Crippen LogP contribution in [0.15, 0.2) is 0 Å². The van der Waals surface area contributed by atoms with Crippen LogP contribution in [-0.4, -0.2) is 47.5 Å². The zero-order chi connectivity index (χ0) is 13.4. The first-order valence-electron chi connectivity index (χ1n) is 5.41. The molecule has 0 bridgehead atoms. The SMILES string of the molecule is CCCN(C)C(=O)N[C@@H](CCC(N)=O)C(=O)O. The molecule has 0 fully saturated rings. The smallest absolute Gasteiger partial charge is 0.326 e. The van der Waals surface area contributed by atoms with E-state index in [-0.39, 0.29) is 12.8 Å². The average molecular weight is 245 g/mol. The number of carbonyl (C=O) groups is 3. The number of urea groups is 1. The average Bonchev–Trinajstić information content (AvgIpc) is 2.23. The lowest BCUT2D eigenvalue weighted by molar-refractivity contribution is -0.139. The number of nitrogens with two attached hydrogens (primary N) is 1. The second kappa shape index (κ2) is 7.48. The topological polar surface area (TPSA) is 113 Å². The van der Waals surface area contributed by atoms with E-state index in [1.807, 2.05) is 6.92 Å². The predicted molar refractivity (Wildman–Crippen MR) is 61.3 cm³/mol. The first-order chi connectivity index (χ1) is 7.88. The first kappa shape index (κ1) is 15.2. The van der Waals surface area contributed by atoms with Crippen molar-refractivity contribution in [3.63, 3.8) is 0 Å². The van der Waals surface area contributed by atoms with Gasteiger partial charge in [-0.1, -0.05) is 6.92 Å². The maximum atomic E-state index is 11.5. The lowest BCUT2D eigenvalue weighted by atomic mass is 10.1. The van der Waals surface area contributed by atoms with Crippen molar-refractivity contribution in [3.05, 3.63) is 0 Å². The number of primary amides is 1. The maximum Gasteiger partial charge on any atom is 0.326 e. The Labute approximate surface area is 100.0 Å². The van der Waals surface area contributed by atoms with Crippen LogP contribution in [0, 0.1) is 0 Å². The van der Waals surface area contributed by atoms with Crippen LogP contribution in [0.1, 0.15) is 26.2 Å². The molecule has 0 aromatic carbocycles. The second-order valence-corrected chi connectivity index (χ2v) is 3.77. The Hall–Kier alpha value is -1.79. The van der Waals surface area contributed by atoms with Gasteiger partial charge in [0.05, 0.1) is 0 Å². The summed E-state index contributed by atoms with van der Waals surface area (Å²) in [4.78, 5) is 34.3. The van der Waals surface area contributed by atoms with Crippen molar-refractivity contribution in [1.82, 2.24) is 10.2 Å². The summed E-state index contributed by atoms with van der Waals surface area (Å²) in [7, 11) is 1.58. The summed E-state index contributed by atoms with van der Waals surface area (Å²) >= 11 is 0. The van der Waals surface area contributed by atoms with Gasteiger partial charge in [0.25, 0.3) is 0 Å². The quantitative estimate of drug-likeness (QED) is 0.574. The van der Waals surface area contributed by atoms with E-state index in [0.717, 1.165) is 6.42 Å². The monoisotopic (exact) mass is 245 g/mol. The Morgan fingerprint density at radius 3 is 2.41 bits per heavy atom. The number of hydrogen-bond donors (Lipinski definition) is 3. The highest BCUT2D eigenvalue weighted by molar-refractivity contribution is 5.83. The number of carboxylic acid groups (broad SMARTS) is 1. The minimum Gasteiger partial charge on any atom is -0.480 e. The normalized spacial score (nSPS) is 11.6. The van der Waals surface area contributed by atoms with Gasteiger partial charge in [-0.2, -0.15) is 0 Å². The third-order valence-electron chi connectivity index (χ3n) is 2.18. The minimum absolute atomic E-state index is 0.00360.